The zero-order valence-electron chi connectivity index (χ0n) is 11.9. The Morgan fingerprint density at radius 1 is 1.52 bits per heavy atom. The quantitative estimate of drug-likeness (QED) is 0.868. The van der Waals surface area contributed by atoms with Gasteiger partial charge in [0.25, 0.3) is 5.91 Å². The second kappa shape index (κ2) is 7.87. The molecule has 1 aromatic carbocycles. The van der Waals surface area contributed by atoms with Crippen molar-refractivity contribution in [2.24, 2.45) is 0 Å². The maximum absolute atomic E-state index is 12.2. The van der Waals surface area contributed by atoms with Crippen molar-refractivity contribution in [2.45, 2.75) is 38.4 Å². The van der Waals surface area contributed by atoms with Crippen LogP contribution in [0.15, 0.2) is 18.2 Å². The van der Waals surface area contributed by atoms with Crippen molar-refractivity contribution in [3.8, 4) is 5.75 Å². The second-order valence-corrected chi connectivity index (χ2v) is 5.81. The number of rotatable bonds is 6. The molecule has 0 spiro atoms. The summed E-state index contributed by atoms with van der Waals surface area (Å²) >= 11 is 12.0. The summed E-state index contributed by atoms with van der Waals surface area (Å²) in [4.78, 5) is 12.2. The van der Waals surface area contributed by atoms with Gasteiger partial charge in [0.15, 0.2) is 6.10 Å². The highest BCUT2D eigenvalue weighted by atomic mass is 35.5. The van der Waals surface area contributed by atoms with Crippen LogP contribution in [-0.4, -0.2) is 31.3 Å². The molecule has 1 aliphatic heterocycles. The molecule has 0 saturated carbocycles. The van der Waals surface area contributed by atoms with Crippen LogP contribution in [0.1, 0.15) is 26.2 Å². The first kappa shape index (κ1) is 16.4. The van der Waals surface area contributed by atoms with Gasteiger partial charge in [0, 0.05) is 24.2 Å². The molecule has 0 aliphatic carbocycles. The van der Waals surface area contributed by atoms with Crippen molar-refractivity contribution < 1.29 is 14.3 Å². The summed E-state index contributed by atoms with van der Waals surface area (Å²) in [5, 5.41) is 3.82. The van der Waals surface area contributed by atoms with E-state index >= 15 is 0 Å². The summed E-state index contributed by atoms with van der Waals surface area (Å²) in [5.74, 6) is 0.257. The lowest BCUT2D eigenvalue weighted by Crippen LogP contribution is -2.41. The Bertz CT molecular complexity index is 490. The molecule has 1 aliphatic rings. The monoisotopic (exact) mass is 331 g/mol. The Morgan fingerprint density at radius 2 is 2.33 bits per heavy atom. The standard InChI is InChI=1S/C15H19Cl2NO3/c1-2-13(15(19)18-9-11-4-3-7-20-11)21-14-8-10(16)5-6-12(14)17/h5-6,8,11,13H,2-4,7,9H2,1H3,(H,18,19)/t11-,13+/m0/s1. The molecule has 1 saturated heterocycles. The highest BCUT2D eigenvalue weighted by Crippen LogP contribution is 2.29. The van der Waals surface area contributed by atoms with E-state index in [2.05, 4.69) is 5.32 Å². The summed E-state index contributed by atoms with van der Waals surface area (Å²) in [6.07, 6.45) is 2.09. The van der Waals surface area contributed by atoms with Crippen molar-refractivity contribution in [2.75, 3.05) is 13.2 Å². The third-order valence-corrected chi connectivity index (χ3v) is 3.90. The summed E-state index contributed by atoms with van der Waals surface area (Å²) in [7, 11) is 0. The van der Waals surface area contributed by atoms with E-state index in [0.717, 1.165) is 19.4 Å². The van der Waals surface area contributed by atoms with Gasteiger partial charge < -0.3 is 14.8 Å². The van der Waals surface area contributed by atoms with Crippen LogP contribution >= 0.6 is 23.2 Å². The van der Waals surface area contributed by atoms with Crippen molar-refractivity contribution in [3.63, 3.8) is 0 Å². The molecule has 21 heavy (non-hydrogen) atoms. The number of amides is 1. The van der Waals surface area contributed by atoms with Gasteiger partial charge >= 0.3 is 0 Å². The highest BCUT2D eigenvalue weighted by molar-refractivity contribution is 6.34. The van der Waals surface area contributed by atoms with Gasteiger partial charge in [-0.05, 0) is 31.4 Å². The number of hydrogen-bond acceptors (Lipinski definition) is 3. The number of halogens is 2. The Kier molecular flexibility index (Phi) is 6.15. The van der Waals surface area contributed by atoms with Crippen LogP contribution < -0.4 is 10.1 Å². The number of carbonyl (C=O) groups excluding carboxylic acids is 1. The minimum Gasteiger partial charge on any atom is -0.479 e. The van der Waals surface area contributed by atoms with Gasteiger partial charge in [-0.3, -0.25) is 4.79 Å². The second-order valence-electron chi connectivity index (χ2n) is 4.97. The first-order valence-corrected chi connectivity index (χ1v) is 7.86. The average Bonchev–Trinajstić information content (AvgIpc) is 2.99. The first-order chi connectivity index (χ1) is 10.1. The van der Waals surface area contributed by atoms with Gasteiger partial charge in [-0.2, -0.15) is 0 Å². The van der Waals surface area contributed by atoms with Crippen LogP contribution in [0.2, 0.25) is 10.0 Å². The maximum Gasteiger partial charge on any atom is 0.261 e. The van der Waals surface area contributed by atoms with Crippen molar-refractivity contribution >= 4 is 29.1 Å². The van der Waals surface area contributed by atoms with Crippen LogP contribution in [0, 0.1) is 0 Å². The molecule has 1 amide bonds. The number of hydrogen-bond donors (Lipinski definition) is 1. The Morgan fingerprint density at radius 3 is 3.00 bits per heavy atom. The predicted octanol–water partition coefficient (Wildman–Crippen LogP) is 3.45. The fraction of sp³-hybridized carbons (Fsp3) is 0.533. The lowest BCUT2D eigenvalue weighted by Gasteiger charge is -2.19. The fourth-order valence-electron chi connectivity index (χ4n) is 2.18. The number of nitrogens with one attached hydrogen (secondary N) is 1. The molecule has 1 aromatic rings. The summed E-state index contributed by atoms with van der Waals surface area (Å²) < 4.78 is 11.2. The summed E-state index contributed by atoms with van der Waals surface area (Å²) in [6, 6.07) is 4.94. The van der Waals surface area contributed by atoms with Crippen molar-refractivity contribution in [3.05, 3.63) is 28.2 Å². The van der Waals surface area contributed by atoms with Gasteiger partial charge in [0.2, 0.25) is 0 Å². The van der Waals surface area contributed by atoms with E-state index in [9.17, 15) is 4.79 Å². The minimum absolute atomic E-state index is 0.112. The normalized spacial score (nSPS) is 19.3. The van der Waals surface area contributed by atoms with Crippen LogP contribution in [-0.2, 0) is 9.53 Å². The van der Waals surface area contributed by atoms with E-state index in [-0.39, 0.29) is 12.0 Å². The highest BCUT2D eigenvalue weighted by Gasteiger charge is 2.22. The number of ether oxygens (including phenoxy) is 2. The van der Waals surface area contributed by atoms with Crippen LogP contribution in [0.4, 0.5) is 0 Å². The molecular weight excluding hydrogens is 313 g/mol. The van der Waals surface area contributed by atoms with E-state index in [1.165, 1.54) is 0 Å². The van der Waals surface area contributed by atoms with Gasteiger partial charge in [0.1, 0.15) is 5.75 Å². The molecule has 0 bridgehead atoms. The molecule has 0 unspecified atom stereocenters. The minimum atomic E-state index is -0.595. The fourth-order valence-corrected chi connectivity index (χ4v) is 2.50. The first-order valence-electron chi connectivity index (χ1n) is 7.11. The lowest BCUT2D eigenvalue weighted by atomic mass is 10.2. The van der Waals surface area contributed by atoms with E-state index in [0.29, 0.717) is 28.8 Å². The molecule has 6 heteroatoms. The maximum atomic E-state index is 12.2. The molecule has 4 nitrogen and oxygen atoms in total. The number of benzene rings is 1. The van der Waals surface area contributed by atoms with Gasteiger partial charge in [-0.1, -0.05) is 30.1 Å². The Balaban J connectivity index is 1.91. The van der Waals surface area contributed by atoms with Crippen LogP contribution in [0.5, 0.6) is 5.75 Å². The molecule has 1 heterocycles. The third kappa shape index (κ3) is 4.77. The van der Waals surface area contributed by atoms with E-state index < -0.39 is 6.10 Å². The van der Waals surface area contributed by atoms with Gasteiger partial charge in [-0.15, -0.1) is 0 Å². The molecule has 116 valence electrons. The zero-order chi connectivity index (χ0) is 15.2. The lowest BCUT2D eigenvalue weighted by molar-refractivity contribution is -0.128. The SMILES string of the molecule is CC[C@@H](Oc1cc(Cl)ccc1Cl)C(=O)NC[C@@H]1CCCO1. The van der Waals surface area contributed by atoms with Crippen LogP contribution in [0.25, 0.3) is 0 Å². The van der Waals surface area contributed by atoms with Gasteiger partial charge in [-0.25, -0.2) is 0 Å². The topological polar surface area (TPSA) is 47.6 Å². The zero-order valence-corrected chi connectivity index (χ0v) is 13.4. The summed E-state index contributed by atoms with van der Waals surface area (Å²) in [5.41, 5.74) is 0. The van der Waals surface area contributed by atoms with Crippen molar-refractivity contribution in [1.29, 1.82) is 0 Å². The molecule has 1 N–H and O–H groups in total. The van der Waals surface area contributed by atoms with E-state index in [1.54, 1.807) is 18.2 Å². The largest absolute Gasteiger partial charge is 0.479 e. The predicted molar refractivity (Wildman–Crippen MR) is 83.2 cm³/mol. The van der Waals surface area contributed by atoms with E-state index in [1.807, 2.05) is 6.92 Å². The number of carbonyl (C=O) groups is 1. The Hall–Kier alpha value is -0.970. The molecule has 2 atom stereocenters. The molecule has 0 radical (unpaired) electrons. The molecule has 0 aromatic heterocycles. The molecule has 1 fully saturated rings. The van der Waals surface area contributed by atoms with Crippen LogP contribution in [0.3, 0.4) is 0 Å². The third-order valence-electron chi connectivity index (χ3n) is 3.35. The van der Waals surface area contributed by atoms with E-state index in [4.69, 9.17) is 32.7 Å². The smallest absolute Gasteiger partial charge is 0.261 e. The summed E-state index contributed by atoms with van der Waals surface area (Å²) in [6.45, 7) is 3.17. The van der Waals surface area contributed by atoms with Gasteiger partial charge in [0.05, 0.1) is 11.1 Å². The Labute approximate surface area is 134 Å². The average molecular weight is 332 g/mol. The molecular formula is C15H19Cl2NO3. The van der Waals surface area contributed by atoms with Crippen molar-refractivity contribution in [1.82, 2.24) is 5.32 Å². The molecule has 2 rings (SSSR count).